The molecular formula is C17H26BrNO2. The predicted octanol–water partition coefficient (Wildman–Crippen LogP) is 3.28. The van der Waals surface area contributed by atoms with E-state index in [4.69, 9.17) is 9.47 Å². The van der Waals surface area contributed by atoms with Crippen LogP contribution in [0.25, 0.3) is 0 Å². The molecule has 21 heavy (non-hydrogen) atoms. The molecule has 0 unspecified atom stereocenters. The zero-order valence-corrected chi connectivity index (χ0v) is 14.3. The van der Waals surface area contributed by atoms with Gasteiger partial charge >= 0.3 is 0 Å². The average molecular weight is 356 g/mol. The Morgan fingerprint density at radius 1 is 1.00 bits per heavy atom. The lowest BCUT2D eigenvalue weighted by Gasteiger charge is -2.33. The number of aryl methyl sites for hydroxylation is 1. The highest BCUT2D eigenvalue weighted by molar-refractivity contribution is 8.93. The molecule has 2 saturated heterocycles. The van der Waals surface area contributed by atoms with Gasteiger partial charge in [-0.2, -0.15) is 0 Å². The highest BCUT2D eigenvalue weighted by Gasteiger charge is 2.30. The molecule has 0 radical (unpaired) electrons. The maximum Gasteiger partial charge on any atom is 0.160 e. The molecule has 4 heteroatoms. The number of hydrogen-bond donors (Lipinski definition) is 0. The van der Waals surface area contributed by atoms with E-state index >= 15 is 0 Å². The Bertz CT molecular complexity index is 387. The van der Waals surface area contributed by atoms with E-state index in [0.717, 1.165) is 13.2 Å². The van der Waals surface area contributed by atoms with Crippen molar-refractivity contribution in [1.82, 2.24) is 4.90 Å². The highest BCUT2D eigenvalue weighted by Crippen LogP contribution is 2.25. The van der Waals surface area contributed by atoms with E-state index in [1.54, 1.807) is 0 Å². The lowest BCUT2D eigenvalue weighted by Crippen LogP contribution is -2.38. The van der Waals surface area contributed by atoms with Crippen LogP contribution in [0.2, 0.25) is 0 Å². The van der Waals surface area contributed by atoms with Gasteiger partial charge in [-0.1, -0.05) is 30.3 Å². The van der Waals surface area contributed by atoms with E-state index in [1.807, 2.05) is 0 Å². The van der Waals surface area contributed by atoms with Crippen molar-refractivity contribution in [2.45, 2.75) is 32.0 Å². The van der Waals surface area contributed by atoms with Crippen molar-refractivity contribution in [3.05, 3.63) is 35.9 Å². The maximum absolute atomic E-state index is 5.63. The van der Waals surface area contributed by atoms with Gasteiger partial charge in [-0.15, -0.1) is 17.0 Å². The number of hydrogen-bond acceptors (Lipinski definition) is 3. The van der Waals surface area contributed by atoms with Gasteiger partial charge in [-0.05, 0) is 50.9 Å². The molecule has 3 nitrogen and oxygen atoms in total. The Balaban J connectivity index is 0.00000161. The third-order valence-corrected chi connectivity index (χ3v) is 4.45. The minimum absolute atomic E-state index is 0. The molecule has 1 aromatic rings. The summed E-state index contributed by atoms with van der Waals surface area (Å²) < 4.78 is 11.3. The normalized spacial score (nSPS) is 21.3. The van der Waals surface area contributed by atoms with Gasteiger partial charge in [0.25, 0.3) is 0 Å². The third-order valence-electron chi connectivity index (χ3n) is 4.45. The van der Waals surface area contributed by atoms with Gasteiger partial charge in [-0.3, -0.25) is 0 Å². The van der Waals surface area contributed by atoms with Crippen LogP contribution in [0.4, 0.5) is 0 Å². The van der Waals surface area contributed by atoms with Crippen molar-refractivity contribution in [3.8, 4) is 0 Å². The smallest absolute Gasteiger partial charge is 0.160 e. The Kier molecular flexibility index (Phi) is 7.17. The molecule has 0 bridgehead atoms. The number of nitrogens with zero attached hydrogens (tertiary/aromatic N) is 1. The predicted molar refractivity (Wildman–Crippen MR) is 89.9 cm³/mol. The summed E-state index contributed by atoms with van der Waals surface area (Å²) in [5.41, 5.74) is 1.45. The van der Waals surface area contributed by atoms with Crippen molar-refractivity contribution in [2.75, 3.05) is 32.8 Å². The van der Waals surface area contributed by atoms with Gasteiger partial charge in [0, 0.05) is 5.92 Å². The molecule has 0 atom stereocenters. The first kappa shape index (κ1) is 16.9. The summed E-state index contributed by atoms with van der Waals surface area (Å²) in [5, 5.41) is 0. The molecule has 2 fully saturated rings. The van der Waals surface area contributed by atoms with Crippen molar-refractivity contribution in [3.63, 3.8) is 0 Å². The number of benzene rings is 1. The van der Waals surface area contributed by atoms with Crippen LogP contribution >= 0.6 is 17.0 Å². The van der Waals surface area contributed by atoms with Gasteiger partial charge < -0.3 is 14.4 Å². The first-order valence-corrected chi connectivity index (χ1v) is 7.91. The fourth-order valence-corrected chi connectivity index (χ4v) is 3.25. The summed E-state index contributed by atoms with van der Waals surface area (Å²) in [6.07, 6.45) is 4.97. The lowest BCUT2D eigenvalue weighted by atomic mass is 9.96. The minimum atomic E-state index is 0. The molecule has 118 valence electrons. The van der Waals surface area contributed by atoms with Crippen LogP contribution in [-0.2, 0) is 15.9 Å². The van der Waals surface area contributed by atoms with Gasteiger partial charge in [0.1, 0.15) is 0 Å². The second-order valence-electron chi connectivity index (χ2n) is 5.88. The summed E-state index contributed by atoms with van der Waals surface area (Å²) in [7, 11) is 0. The molecule has 0 N–H and O–H groups in total. The summed E-state index contributed by atoms with van der Waals surface area (Å²) in [6, 6.07) is 10.8. The van der Waals surface area contributed by atoms with E-state index in [1.165, 1.54) is 50.9 Å². The van der Waals surface area contributed by atoms with Crippen molar-refractivity contribution < 1.29 is 9.47 Å². The quantitative estimate of drug-likeness (QED) is 0.808. The SMILES string of the molecule is Br.c1ccc(CCCN2CCC(C3OCCO3)CC2)cc1. The third kappa shape index (κ3) is 5.06. The topological polar surface area (TPSA) is 21.7 Å². The molecule has 2 aliphatic heterocycles. The van der Waals surface area contributed by atoms with Gasteiger partial charge in [-0.25, -0.2) is 0 Å². The van der Waals surface area contributed by atoms with Crippen LogP contribution in [-0.4, -0.2) is 44.0 Å². The second kappa shape index (κ2) is 8.89. The second-order valence-corrected chi connectivity index (χ2v) is 5.88. The molecule has 1 aromatic carbocycles. The number of rotatable bonds is 5. The Labute approximate surface area is 138 Å². The zero-order valence-electron chi connectivity index (χ0n) is 12.6. The maximum atomic E-state index is 5.63. The number of ether oxygens (including phenoxy) is 2. The Morgan fingerprint density at radius 3 is 2.33 bits per heavy atom. The van der Waals surface area contributed by atoms with E-state index in [2.05, 4.69) is 35.2 Å². The summed E-state index contributed by atoms with van der Waals surface area (Å²) in [4.78, 5) is 2.59. The van der Waals surface area contributed by atoms with Crippen LogP contribution in [0.5, 0.6) is 0 Å². The van der Waals surface area contributed by atoms with Crippen molar-refractivity contribution >= 4 is 17.0 Å². The van der Waals surface area contributed by atoms with Crippen molar-refractivity contribution in [1.29, 1.82) is 0 Å². The molecule has 0 aliphatic carbocycles. The number of piperidine rings is 1. The molecule has 2 heterocycles. The summed E-state index contributed by atoms with van der Waals surface area (Å²) >= 11 is 0. The Hall–Kier alpha value is -0.420. The highest BCUT2D eigenvalue weighted by atomic mass is 79.9. The monoisotopic (exact) mass is 355 g/mol. The van der Waals surface area contributed by atoms with Crippen LogP contribution in [0, 0.1) is 5.92 Å². The van der Waals surface area contributed by atoms with Crippen LogP contribution in [0.3, 0.4) is 0 Å². The number of likely N-dealkylation sites (tertiary alicyclic amines) is 1. The van der Waals surface area contributed by atoms with Gasteiger partial charge in [0.2, 0.25) is 0 Å². The molecule has 0 amide bonds. The van der Waals surface area contributed by atoms with Crippen LogP contribution in [0.1, 0.15) is 24.8 Å². The molecule has 3 rings (SSSR count). The standard InChI is InChI=1S/C17H25NO2.BrH/c1-2-5-15(6-3-1)7-4-10-18-11-8-16(9-12-18)17-19-13-14-20-17;/h1-3,5-6,16-17H,4,7-14H2;1H. The van der Waals surface area contributed by atoms with E-state index in [0.29, 0.717) is 5.92 Å². The van der Waals surface area contributed by atoms with Crippen molar-refractivity contribution in [2.24, 2.45) is 5.92 Å². The minimum Gasteiger partial charge on any atom is -0.350 e. The molecule has 2 aliphatic rings. The first-order valence-electron chi connectivity index (χ1n) is 7.91. The molecular weight excluding hydrogens is 330 g/mol. The summed E-state index contributed by atoms with van der Waals surface area (Å²) in [5.74, 6) is 0.614. The summed E-state index contributed by atoms with van der Waals surface area (Å²) in [6.45, 7) is 5.17. The van der Waals surface area contributed by atoms with Crippen LogP contribution in [0.15, 0.2) is 30.3 Å². The van der Waals surface area contributed by atoms with Gasteiger partial charge in [0.05, 0.1) is 13.2 Å². The fraction of sp³-hybridized carbons (Fsp3) is 0.647. The average Bonchev–Trinajstić information content (AvgIpc) is 3.03. The number of halogens is 1. The zero-order chi connectivity index (χ0) is 13.6. The van der Waals surface area contributed by atoms with Crippen LogP contribution < -0.4 is 0 Å². The lowest BCUT2D eigenvalue weighted by molar-refractivity contribution is -0.0973. The fourth-order valence-electron chi connectivity index (χ4n) is 3.25. The van der Waals surface area contributed by atoms with E-state index in [9.17, 15) is 0 Å². The Morgan fingerprint density at radius 2 is 1.67 bits per heavy atom. The largest absolute Gasteiger partial charge is 0.350 e. The molecule has 0 spiro atoms. The molecule has 0 saturated carbocycles. The first-order chi connectivity index (χ1) is 9.92. The van der Waals surface area contributed by atoms with E-state index < -0.39 is 0 Å². The van der Waals surface area contributed by atoms with Gasteiger partial charge in [0.15, 0.2) is 6.29 Å². The van der Waals surface area contributed by atoms with E-state index in [-0.39, 0.29) is 23.3 Å². The molecule has 0 aromatic heterocycles.